The van der Waals surface area contributed by atoms with Crippen LogP contribution in [0.3, 0.4) is 0 Å². The Balaban J connectivity index is 2.34. The minimum absolute atomic E-state index is 0.129. The van der Waals surface area contributed by atoms with Crippen molar-refractivity contribution in [2.75, 3.05) is 0 Å². The van der Waals surface area contributed by atoms with Gasteiger partial charge in [0.2, 0.25) is 0 Å². The van der Waals surface area contributed by atoms with E-state index < -0.39 is 0 Å². The largest absolute Gasteiger partial charge is 0.0843 e. The maximum absolute atomic E-state index is 6.09. The molecule has 0 amide bonds. The highest BCUT2D eigenvalue weighted by atomic mass is 79.9. The van der Waals surface area contributed by atoms with E-state index in [9.17, 15) is 0 Å². The summed E-state index contributed by atoms with van der Waals surface area (Å²) in [5.74, 6) is 0. The third kappa shape index (κ3) is 3.66. The maximum atomic E-state index is 6.09. The second-order valence-corrected chi connectivity index (χ2v) is 8.11. The molecule has 0 saturated carbocycles. The highest BCUT2D eigenvalue weighted by Gasteiger charge is 2.17. The third-order valence-corrected chi connectivity index (χ3v) is 5.28. The predicted molar refractivity (Wildman–Crippen MR) is 95.1 cm³/mol. The van der Waals surface area contributed by atoms with Crippen molar-refractivity contribution in [2.24, 2.45) is 0 Å². The van der Waals surface area contributed by atoms with Crippen LogP contribution in [0.2, 0.25) is 5.02 Å². The number of alkyl halides is 1. The van der Waals surface area contributed by atoms with Gasteiger partial charge >= 0.3 is 0 Å². The molecule has 3 heteroatoms. The van der Waals surface area contributed by atoms with Crippen molar-refractivity contribution in [3.05, 3.63) is 68.7 Å². The molecular weight excluding hydrogens is 399 g/mol. The van der Waals surface area contributed by atoms with E-state index in [0.29, 0.717) is 0 Å². The lowest BCUT2D eigenvalue weighted by Gasteiger charge is -2.20. The fraction of sp³-hybridized carbons (Fsp3) is 0.294. The first-order valence-corrected chi connectivity index (χ1v) is 8.57. The van der Waals surface area contributed by atoms with Gasteiger partial charge in [0.15, 0.2) is 0 Å². The summed E-state index contributed by atoms with van der Waals surface area (Å²) in [6.07, 6.45) is 0. The van der Waals surface area contributed by atoms with Crippen molar-refractivity contribution < 1.29 is 0 Å². The molecule has 0 spiro atoms. The number of halogens is 3. The van der Waals surface area contributed by atoms with Crippen LogP contribution in [0.25, 0.3) is 0 Å². The molecule has 0 saturated heterocycles. The van der Waals surface area contributed by atoms with Gasteiger partial charge in [0.1, 0.15) is 0 Å². The number of benzene rings is 2. The van der Waals surface area contributed by atoms with Crippen LogP contribution in [0.1, 0.15) is 42.3 Å². The summed E-state index contributed by atoms with van der Waals surface area (Å²) in [6, 6.07) is 14.6. The first kappa shape index (κ1) is 16.1. The quantitative estimate of drug-likeness (QED) is 0.468. The van der Waals surface area contributed by atoms with Gasteiger partial charge in [-0.1, -0.05) is 88.5 Å². The Morgan fingerprint density at radius 3 is 2.15 bits per heavy atom. The molecule has 1 unspecified atom stereocenters. The summed E-state index contributed by atoms with van der Waals surface area (Å²) < 4.78 is 1.06. The lowest BCUT2D eigenvalue weighted by atomic mass is 9.86. The standard InChI is InChI=1S/C17H17Br2Cl/c1-17(2,3)12-6-4-11(5-7-12)16(19)14-10-13(20)8-9-15(14)18/h4-10,16H,1-3H3. The van der Waals surface area contributed by atoms with Gasteiger partial charge < -0.3 is 0 Å². The molecule has 106 valence electrons. The summed E-state index contributed by atoms with van der Waals surface area (Å²) >= 11 is 13.4. The topological polar surface area (TPSA) is 0 Å². The van der Waals surface area contributed by atoms with Crippen molar-refractivity contribution >= 4 is 43.5 Å². The summed E-state index contributed by atoms with van der Waals surface area (Å²) in [6.45, 7) is 6.67. The maximum Gasteiger partial charge on any atom is 0.0656 e. The van der Waals surface area contributed by atoms with E-state index >= 15 is 0 Å². The Morgan fingerprint density at radius 2 is 1.60 bits per heavy atom. The van der Waals surface area contributed by atoms with Crippen molar-refractivity contribution in [3.63, 3.8) is 0 Å². The van der Waals surface area contributed by atoms with Crippen molar-refractivity contribution in [1.29, 1.82) is 0 Å². The lowest BCUT2D eigenvalue weighted by Crippen LogP contribution is -2.10. The van der Waals surface area contributed by atoms with Gasteiger partial charge in [-0.15, -0.1) is 0 Å². The second-order valence-electron chi connectivity index (χ2n) is 5.90. The van der Waals surface area contributed by atoms with E-state index in [2.05, 4.69) is 76.9 Å². The zero-order valence-electron chi connectivity index (χ0n) is 11.8. The zero-order valence-corrected chi connectivity index (χ0v) is 15.7. The molecule has 0 radical (unpaired) electrons. The van der Waals surface area contributed by atoms with Crippen LogP contribution in [-0.4, -0.2) is 0 Å². The molecule has 0 nitrogen and oxygen atoms in total. The summed E-state index contributed by atoms with van der Waals surface area (Å²) in [7, 11) is 0. The van der Waals surface area contributed by atoms with Crippen molar-refractivity contribution in [3.8, 4) is 0 Å². The average Bonchev–Trinajstić information content (AvgIpc) is 2.40. The number of hydrogen-bond donors (Lipinski definition) is 0. The van der Waals surface area contributed by atoms with E-state index in [-0.39, 0.29) is 10.2 Å². The van der Waals surface area contributed by atoms with Gasteiger partial charge in [-0.25, -0.2) is 0 Å². The summed E-state index contributed by atoms with van der Waals surface area (Å²) in [5.41, 5.74) is 3.88. The molecule has 0 aliphatic heterocycles. The third-order valence-electron chi connectivity index (χ3n) is 3.30. The zero-order chi connectivity index (χ0) is 14.9. The molecular formula is C17H17Br2Cl. The first-order chi connectivity index (χ1) is 9.29. The molecule has 0 aliphatic rings. The molecule has 2 aromatic rings. The van der Waals surface area contributed by atoms with Crippen LogP contribution in [0.15, 0.2) is 46.9 Å². The van der Waals surface area contributed by atoms with Gasteiger partial charge in [-0.3, -0.25) is 0 Å². The van der Waals surface area contributed by atoms with Crippen LogP contribution >= 0.6 is 43.5 Å². The van der Waals surface area contributed by atoms with Crippen molar-refractivity contribution in [2.45, 2.75) is 31.0 Å². The fourth-order valence-corrected chi connectivity index (χ4v) is 3.69. The highest BCUT2D eigenvalue weighted by molar-refractivity contribution is 9.11. The normalized spacial score (nSPS) is 13.3. The van der Waals surface area contributed by atoms with E-state index in [1.165, 1.54) is 11.1 Å². The van der Waals surface area contributed by atoms with Gasteiger partial charge in [0.25, 0.3) is 0 Å². The molecule has 1 atom stereocenters. The minimum Gasteiger partial charge on any atom is -0.0843 e. The van der Waals surface area contributed by atoms with E-state index in [1.807, 2.05) is 18.2 Å². The molecule has 0 aliphatic carbocycles. The summed E-state index contributed by atoms with van der Waals surface area (Å²) in [4.78, 5) is 0.129. The molecule has 0 fully saturated rings. The van der Waals surface area contributed by atoms with E-state index in [1.54, 1.807) is 0 Å². The minimum atomic E-state index is 0.129. The molecule has 0 aromatic heterocycles. The number of rotatable bonds is 2. The predicted octanol–water partition coefficient (Wildman–Crippen LogP) is 6.88. The average molecular weight is 417 g/mol. The Hall–Kier alpha value is -0.310. The van der Waals surface area contributed by atoms with Crippen LogP contribution in [0, 0.1) is 0 Å². The summed E-state index contributed by atoms with van der Waals surface area (Å²) in [5, 5.41) is 0.749. The van der Waals surface area contributed by atoms with Crippen LogP contribution < -0.4 is 0 Å². The smallest absolute Gasteiger partial charge is 0.0656 e. The van der Waals surface area contributed by atoms with Crippen LogP contribution in [-0.2, 0) is 5.41 Å². The highest BCUT2D eigenvalue weighted by Crippen LogP contribution is 2.37. The number of hydrogen-bond acceptors (Lipinski definition) is 0. The Labute approximate surface area is 142 Å². The lowest BCUT2D eigenvalue weighted by molar-refractivity contribution is 0.590. The van der Waals surface area contributed by atoms with Crippen LogP contribution in [0.4, 0.5) is 0 Å². The Morgan fingerprint density at radius 1 is 1.00 bits per heavy atom. The fourth-order valence-electron chi connectivity index (χ4n) is 2.04. The van der Waals surface area contributed by atoms with Gasteiger partial charge in [0.05, 0.1) is 4.83 Å². The van der Waals surface area contributed by atoms with Crippen molar-refractivity contribution in [1.82, 2.24) is 0 Å². The molecule has 0 N–H and O–H groups in total. The van der Waals surface area contributed by atoms with E-state index in [4.69, 9.17) is 11.6 Å². The molecule has 0 bridgehead atoms. The molecule has 20 heavy (non-hydrogen) atoms. The van der Waals surface area contributed by atoms with E-state index in [0.717, 1.165) is 15.1 Å². The Kier molecular flexibility index (Phi) is 4.99. The van der Waals surface area contributed by atoms with Gasteiger partial charge in [-0.2, -0.15) is 0 Å². The first-order valence-electron chi connectivity index (χ1n) is 6.48. The SMILES string of the molecule is CC(C)(C)c1ccc(C(Br)c2cc(Cl)ccc2Br)cc1. The Bertz CT molecular complexity index is 597. The van der Waals surface area contributed by atoms with Gasteiger partial charge in [-0.05, 0) is 40.3 Å². The molecule has 0 heterocycles. The second kappa shape index (κ2) is 6.21. The molecule has 2 rings (SSSR count). The van der Waals surface area contributed by atoms with Gasteiger partial charge in [0, 0.05) is 9.50 Å². The monoisotopic (exact) mass is 414 g/mol. The molecule has 2 aromatic carbocycles. The van der Waals surface area contributed by atoms with Crippen LogP contribution in [0.5, 0.6) is 0 Å².